The molecule has 94 valence electrons. The van der Waals surface area contributed by atoms with Gasteiger partial charge in [-0.15, -0.1) is 0 Å². The lowest BCUT2D eigenvalue weighted by atomic mass is 10.1. The predicted molar refractivity (Wildman–Crippen MR) is 68.9 cm³/mol. The van der Waals surface area contributed by atoms with E-state index in [0.29, 0.717) is 18.0 Å². The third-order valence-electron chi connectivity index (χ3n) is 2.51. The zero-order valence-corrected chi connectivity index (χ0v) is 9.98. The van der Waals surface area contributed by atoms with Crippen LogP contribution in [0.1, 0.15) is 5.56 Å². The normalized spacial score (nSPS) is 10.1. The molecule has 0 aliphatic carbocycles. The van der Waals surface area contributed by atoms with E-state index in [1.807, 2.05) is 0 Å². The maximum Gasteiger partial charge on any atom is 0.165 e. The standard InChI is InChI=1S/C13H14FN3O/c1-18-12-5-4-10(15)7-9(12)8-17-13-11(14)3-2-6-16-13/h2-7H,8,15H2,1H3,(H,16,17). The van der Waals surface area contributed by atoms with Crippen LogP contribution in [0, 0.1) is 5.82 Å². The highest BCUT2D eigenvalue weighted by Gasteiger charge is 2.06. The molecule has 1 heterocycles. The van der Waals surface area contributed by atoms with E-state index in [0.717, 1.165) is 5.56 Å². The van der Waals surface area contributed by atoms with Gasteiger partial charge in [0.25, 0.3) is 0 Å². The van der Waals surface area contributed by atoms with Gasteiger partial charge >= 0.3 is 0 Å². The number of anilines is 2. The molecule has 0 amide bonds. The number of halogens is 1. The van der Waals surface area contributed by atoms with E-state index in [2.05, 4.69) is 10.3 Å². The van der Waals surface area contributed by atoms with Gasteiger partial charge in [0.15, 0.2) is 11.6 Å². The first-order valence-corrected chi connectivity index (χ1v) is 5.47. The lowest BCUT2D eigenvalue weighted by molar-refractivity contribution is 0.410. The van der Waals surface area contributed by atoms with Gasteiger partial charge in [-0.1, -0.05) is 0 Å². The van der Waals surface area contributed by atoms with Crippen LogP contribution in [0.4, 0.5) is 15.9 Å². The molecule has 0 atom stereocenters. The van der Waals surface area contributed by atoms with Crippen LogP contribution in [0.15, 0.2) is 36.5 Å². The monoisotopic (exact) mass is 247 g/mol. The fourth-order valence-electron chi connectivity index (χ4n) is 1.63. The summed E-state index contributed by atoms with van der Waals surface area (Å²) < 4.78 is 18.6. The number of aromatic nitrogens is 1. The van der Waals surface area contributed by atoms with Gasteiger partial charge in [-0.2, -0.15) is 0 Å². The summed E-state index contributed by atoms with van der Waals surface area (Å²) in [6, 6.07) is 8.21. The van der Waals surface area contributed by atoms with Crippen LogP contribution in [0.5, 0.6) is 5.75 Å². The van der Waals surface area contributed by atoms with Gasteiger partial charge in [-0.25, -0.2) is 9.37 Å². The Bertz CT molecular complexity index is 546. The van der Waals surface area contributed by atoms with Crippen LogP contribution in [0.3, 0.4) is 0 Å². The van der Waals surface area contributed by atoms with Crippen LogP contribution < -0.4 is 15.8 Å². The van der Waals surface area contributed by atoms with Crippen molar-refractivity contribution >= 4 is 11.5 Å². The lowest BCUT2D eigenvalue weighted by Crippen LogP contribution is -2.05. The van der Waals surface area contributed by atoms with Crippen molar-refractivity contribution < 1.29 is 9.13 Å². The lowest BCUT2D eigenvalue weighted by Gasteiger charge is -2.11. The van der Waals surface area contributed by atoms with Crippen molar-refractivity contribution in [1.29, 1.82) is 0 Å². The molecule has 0 aliphatic rings. The van der Waals surface area contributed by atoms with Crippen LogP contribution in [0.2, 0.25) is 0 Å². The summed E-state index contributed by atoms with van der Waals surface area (Å²) in [5.41, 5.74) is 7.19. The molecule has 18 heavy (non-hydrogen) atoms. The first kappa shape index (κ1) is 12.2. The minimum atomic E-state index is -0.389. The number of rotatable bonds is 4. The highest BCUT2D eigenvalue weighted by atomic mass is 19.1. The molecule has 0 fully saturated rings. The fraction of sp³-hybridized carbons (Fsp3) is 0.154. The summed E-state index contributed by atoms with van der Waals surface area (Å²) in [5, 5.41) is 2.91. The number of hydrogen-bond acceptors (Lipinski definition) is 4. The van der Waals surface area contributed by atoms with E-state index >= 15 is 0 Å². The van der Waals surface area contributed by atoms with Gasteiger partial charge < -0.3 is 15.8 Å². The third kappa shape index (κ3) is 2.68. The first-order chi connectivity index (χ1) is 8.70. The minimum Gasteiger partial charge on any atom is -0.496 e. The molecule has 5 heteroatoms. The third-order valence-corrected chi connectivity index (χ3v) is 2.51. The van der Waals surface area contributed by atoms with Crippen molar-refractivity contribution in [3.05, 3.63) is 47.9 Å². The summed E-state index contributed by atoms with van der Waals surface area (Å²) in [5.74, 6) is 0.524. The van der Waals surface area contributed by atoms with Crippen molar-refractivity contribution in [3.63, 3.8) is 0 Å². The molecule has 2 aromatic rings. The number of nitrogens with one attached hydrogen (secondary N) is 1. The Morgan fingerprint density at radius 1 is 1.39 bits per heavy atom. The van der Waals surface area contributed by atoms with E-state index in [1.165, 1.54) is 12.3 Å². The number of pyridine rings is 1. The van der Waals surface area contributed by atoms with E-state index < -0.39 is 0 Å². The van der Waals surface area contributed by atoms with Crippen molar-refractivity contribution in [2.75, 3.05) is 18.2 Å². The Balaban J connectivity index is 2.15. The zero-order valence-electron chi connectivity index (χ0n) is 9.98. The molecule has 1 aromatic heterocycles. The summed E-state index contributed by atoms with van der Waals surface area (Å²) in [6.07, 6.45) is 1.53. The van der Waals surface area contributed by atoms with E-state index in [4.69, 9.17) is 10.5 Å². The molecule has 0 aliphatic heterocycles. The highest BCUT2D eigenvalue weighted by molar-refractivity contribution is 5.49. The predicted octanol–water partition coefficient (Wildman–Crippen LogP) is 2.42. The molecule has 4 nitrogen and oxygen atoms in total. The second kappa shape index (κ2) is 5.35. The molecule has 0 saturated heterocycles. The number of methoxy groups -OCH3 is 1. The van der Waals surface area contributed by atoms with E-state index in [1.54, 1.807) is 31.4 Å². The Morgan fingerprint density at radius 2 is 2.22 bits per heavy atom. The van der Waals surface area contributed by atoms with Gasteiger partial charge in [0, 0.05) is 24.0 Å². The van der Waals surface area contributed by atoms with Gasteiger partial charge in [0.05, 0.1) is 7.11 Å². The zero-order chi connectivity index (χ0) is 13.0. The second-order valence-corrected chi connectivity index (χ2v) is 3.76. The van der Waals surface area contributed by atoms with Crippen LogP contribution in [-0.2, 0) is 6.54 Å². The number of hydrogen-bond donors (Lipinski definition) is 2. The van der Waals surface area contributed by atoms with Crippen LogP contribution in [0.25, 0.3) is 0 Å². The van der Waals surface area contributed by atoms with Crippen molar-refractivity contribution in [3.8, 4) is 5.75 Å². The molecule has 1 aromatic carbocycles. The highest BCUT2D eigenvalue weighted by Crippen LogP contribution is 2.22. The topological polar surface area (TPSA) is 60.2 Å². The quantitative estimate of drug-likeness (QED) is 0.814. The number of nitrogen functional groups attached to an aromatic ring is 1. The second-order valence-electron chi connectivity index (χ2n) is 3.76. The van der Waals surface area contributed by atoms with Crippen LogP contribution in [-0.4, -0.2) is 12.1 Å². The molecular weight excluding hydrogens is 233 g/mol. The molecule has 0 saturated carbocycles. The first-order valence-electron chi connectivity index (χ1n) is 5.47. The maximum atomic E-state index is 13.4. The number of nitrogens with two attached hydrogens (primary N) is 1. The molecule has 0 bridgehead atoms. The molecule has 2 rings (SSSR count). The summed E-state index contributed by atoms with van der Waals surface area (Å²) >= 11 is 0. The molecule has 3 N–H and O–H groups in total. The Morgan fingerprint density at radius 3 is 2.94 bits per heavy atom. The summed E-state index contributed by atoms with van der Waals surface area (Å²) in [4.78, 5) is 3.91. The molecule has 0 unspecified atom stereocenters. The number of nitrogens with zero attached hydrogens (tertiary/aromatic N) is 1. The number of benzene rings is 1. The van der Waals surface area contributed by atoms with Gasteiger partial charge in [0.1, 0.15) is 5.75 Å². The molecular formula is C13H14FN3O. The van der Waals surface area contributed by atoms with E-state index in [-0.39, 0.29) is 11.6 Å². The molecule has 0 radical (unpaired) electrons. The average molecular weight is 247 g/mol. The van der Waals surface area contributed by atoms with Gasteiger partial charge in [0.2, 0.25) is 0 Å². The number of ether oxygens (including phenoxy) is 1. The van der Waals surface area contributed by atoms with E-state index in [9.17, 15) is 4.39 Å². The summed E-state index contributed by atoms with van der Waals surface area (Å²) in [7, 11) is 1.58. The SMILES string of the molecule is COc1ccc(N)cc1CNc1ncccc1F. The largest absolute Gasteiger partial charge is 0.496 e. The minimum absolute atomic E-state index is 0.210. The fourth-order valence-corrected chi connectivity index (χ4v) is 1.63. The van der Waals surface area contributed by atoms with Gasteiger partial charge in [-0.3, -0.25) is 0 Å². The molecule has 0 spiro atoms. The van der Waals surface area contributed by atoms with Gasteiger partial charge in [-0.05, 0) is 30.3 Å². The Kier molecular flexibility index (Phi) is 3.62. The maximum absolute atomic E-state index is 13.4. The summed E-state index contributed by atoms with van der Waals surface area (Å²) in [6.45, 7) is 0.391. The average Bonchev–Trinajstić information content (AvgIpc) is 2.38. The Hall–Kier alpha value is -2.30. The Labute approximate surface area is 105 Å². The van der Waals surface area contributed by atoms with Crippen molar-refractivity contribution in [2.45, 2.75) is 6.54 Å². The smallest absolute Gasteiger partial charge is 0.165 e. The van der Waals surface area contributed by atoms with Crippen molar-refractivity contribution in [1.82, 2.24) is 4.98 Å². The van der Waals surface area contributed by atoms with Crippen LogP contribution >= 0.6 is 0 Å². The van der Waals surface area contributed by atoms with Crippen molar-refractivity contribution in [2.24, 2.45) is 0 Å².